The summed E-state index contributed by atoms with van der Waals surface area (Å²) in [5.74, 6) is 0. The Morgan fingerprint density at radius 3 is 2.47 bits per heavy atom. The first-order chi connectivity index (χ1) is 6.87. The quantitative estimate of drug-likeness (QED) is 0.725. The Morgan fingerprint density at radius 1 is 1.33 bits per heavy atom. The van der Waals surface area contributed by atoms with E-state index < -0.39 is 16.1 Å². The maximum Gasteiger partial charge on any atom is 0.409 e. The molecule has 82 valence electrons. The molecule has 1 rings (SSSR count). The van der Waals surface area contributed by atoms with Crippen LogP contribution in [0.25, 0.3) is 0 Å². The Hall–Kier alpha value is -1.76. The van der Waals surface area contributed by atoms with E-state index in [9.17, 15) is 13.2 Å². The van der Waals surface area contributed by atoms with E-state index in [2.05, 4.69) is 10.0 Å². The number of nitrogens with one attached hydrogen (secondary N) is 2. The van der Waals surface area contributed by atoms with Crippen molar-refractivity contribution in [2.45, 2.75) is 0 Å². The second kappa shape index (κ2) is 4.18. The normalized spacial score (nSPS) is 10.7. The molecule has 0 saturated carbocycles. The predicted octanol–water partition coefficient (Wildman–Crippen LogP) is 1.15. The van der Waals surface area contributed by atoms with Gasteiger partial charge in [-0.25, -0.2) is 13.2 Å². The van der Waals surface area contributed by atoms with Crippen LogP contribution in [0.15, 0.2) is 24.3 Å². The molecule has 0 radical (unpaired) electrons. The zero-order chi connectivity index (χ0) is 11.5. The van der Waals surface area contributed by atoms with E-state index in [4.69, 9.17) is 5.11 Å². The van der Waals surface area contributed by atoms with Crippen molar-refractivity contribution in [3.05, 3.63) is 24.3 Å². The van der Waals surface area contributed by atoms with E-state index in [0.29, 0.717) is 11.4 Å². The van der Waals surface area contributed by atoms with Gasteiger partial charge in [-0.1, -0.05) is 6.07 Å². The lowest BCUT2D eigenvalue weighted by molar-refractivity contribution is 0.210. The standard InChI is InChI=1S/C8H10N2O4S/c1-15(13,14)10-7-4-2-3-6(5-7)9-8(11)12/h2-5,9-10H,1H3,(H,11,12). The number of hydrogen-bond donors (Lipinski definition) is 3. The van der Waals surface area contributed by atoms with Crippen LogP contribution in [0.5, 0.6) is 0 Å². The second-order valence-electron chi connectivity index (χ2n) is 2.89. The minimum absolute atomic E-state index is 0.302. The summed E-state index contributed by atoms with van der Waals surface area (Å²) in [6, 6.07) is 5.96. The Bertz CT molecular complexity index is 469. The minimum atomic E-state index is -3.35. The molecule has 15 heavy (non-hydrogen) atoms. The first-order valence-electron chi connectivity index (χ1n) is 3.94. The molecule has 6 nitrogen and oxygen atoms in total. The average Bonchev–Trinajstić information content (AvgIpc) is 1.99. The number of carboxylic acid groups (broad SMARTS) is 1. The summed E-state index contributed by atoms with van der Waals surface area (Å²) in [6.07, 6.45) is -0.184. The van der Waals surface area contributed by atoms with Crippen molar-refractivity contribution in [2.75, 3.05) is 16.3 Å². The molecule has 1 aromatic carbocycles. The molecule has 0 aromatic heterocycles. The molecule has 0 aliphatic heterocycles. The fourth-order valence-corrected chi connectivity index (χ4v) is 1.55. The van der Waals surface area contributed by atoms with E-state index in [1.165, 1.54) is 18.2 Å². The fraction of sp³-hybridized carbons (Fsp3) is 0.125. The molecule has 0 unspecified atom stereocenters. The van der Waals surface area contributed by atoms with Crippen molar-refractivity contribution < 1.29 is 18.3 Å². The molecule has 0 bridgehead atoms. The van der Waals surface area contributed by atoms with Gasteiger partial charge in [-0.3, -0.25) is 10.0 Å². The van der Waals surface area contributed by atoms with Crippen LogP contribution in [0.2, 0.25) is 0 Å². The molecule has 0 atom stereocenters. The number of anilines is 2. The molecular formula is C8H10N2O4S. The van der Waals surface area contributed by atoms with Crippen LogP contribution in [0.1, 0.15) is 0 Å². The summed E-state index contributed by atoms with van der Waals surface area (Å²) in [5, 5.41) is 10.6. The lowest BCUT2D eigenvalue weighted by Gasteiger charge is -2.05. The number of carbonyl (C=O) groups is 1. The summed E-state index contributed by atoms with van der Waals surface area (Å²) in [4.78, 5) is 10.3. The third kappa shape index (κ3) is 4.32. The Balaban J connectivity index is 2.88. The van der Waals surface area contributed by atoms with Gasteiger partial charge in [0.25, 0.3) is 0 Å². The first-order valence-corrected chi connectivity index (χ1v) is 5.84. The van der Waals surface area contributed by atoms with Gasteiger partial charge in [-0.15, -0.1) is 0 Å². The Morgan fingerprint density at radius 2 is 1.93 bits per heavy atom. The molecule has 7 heteroatoms. The van der Waals surface area contributed by atoms with Crippen molar-refractivity contribution in [3.63, 3.8) is 0 Å². The van der Waals surface area contributed by atoms with Crippen LogP contribution in [0, 0.1) is 0 Å². The molecule has 0 saturated heterocycles. The van der Waals surface area contributed by atoms with Gasteiger partial charge in [-0.2, -0.15) is 0 Å². The lowest BCUT2D eigenvalue weighted by Crippen LogP contribution is -2.11. The Kier molecular flexibility index (Phi) is 3.15. The van der Waals surface area contributed by atoms with Crippen molar-refractivity contribution in [1.29, 1.82) is 0 Å². The molecule has 3 N–H and O–H groups in total. The summed E-state index contributed by atoms with van der Waals surface area (Å²) in [5.41, 5.74) is 0.611. The minimum Gasteiger partial charge on any atom is -0.465 e. The summed E-state index contributed by atoms with van der Waals surface area (Å²) in [6.45, 7) is 0. The molecule has 0 fully saturated rings. The van der Waals surface area contributed by atoms with Gasteiger partial charge in [-0.05, 0) is 18.2 Å². The van der Waals surface area contributed by atoms with Gasteiger partial charge in [0.2, 0.25) is 10.0 Å². The third-order valence-electron chi connectivity index (χ3n) is 1.42. The highest BCUT2D eigenvalue weighted by molar-refractivity contribution is 7.92. The van der Waals surface area contributed by atoms with Crippen LogP contribution in [-0.2, 0) is 10.0 Å². The molecule has 0 spiro atoms. The van der Waals surface area contributed by atoms with E-state index >= 15 is 0 Å². The predicted molar refractivity (Wildman–Crippen MR) is 56.6 cm³/mol. The number of benzene rings is 1. The zero-order valence-corrected chi connectivity index (χ0v) is 8.71. The van der Waals surface area contributed by atoms with Crippen molar-refractivity contribution >= 4 is 27.5 Å². The summed E-state index contributed by atoms with van der Waals surface area (Å²) in [7, 11) is -3.35. The van der Waals surface area contributed by atoms with Crippen LogP contribution in [0.3, 0.4) is 0 Å². The molecule has 0 aliphatic rings. The molecule has 1 amide bonds. The van der Waals surface area contributed by atoms with E-state index in [0.717, 1.165) is 6.26 Å². The third-order valence-corrected chi connectivity index (χ3v) is 2.02. The Labute approximate surface area is 87.0 Å². The average molecular weight is 230 g/mol. The number of amides is 1. The van der Waals surface area contributed by atoms with E-state index in [1.807, 2.05) is 0 Å². The van der Waals surface area contributed by atoms with Crippen molar-refractivity contribution in [2.24, 2.45) is 0 Å². The van der Waals surface area contributed by atoms with Crippen LogP contribution >= 0.6 is 0 Å². The highest BCUT2D eigenvalue weighted by atomic mass is 32.2. The van der Waals surface area contributed by atoms with Crippen LogP contribution in [0.4, 0.5) is 16.2 Å². The lowest BCUT2D eigenvalue weighted by atomic mass is 10.3. The first kappa shape index (κ1) is 11.3. The van der Waals surface area contributed by atoms with Gasteiger partial charge in [0.05, 0.1) is 11.9 Å². The van der Waals surface area contributed by atoms with Gasteiger partial charge in [0.15, 0.2) is 0 Å². The van der Waals surface area contributed by atoms with Crippen molar-refractivity contribution in [3.8, 4) is 0 Å². The molecule has 1 aromatic rings. The number of hydrogen-bond acceptors (Lipinski definition) is 3. The smallest absolute Gasteiger partial charge is 0.409 e. The maximum atomic E-state index is 10.9. The largest absolute Gasteiger partial charge is 0.465 e. The van der Waals surface area contributed by atoms with Gasteiger partial charge >= 0.3 is 6.09 Å². The van der Waals surface area contributed by atoms with E-state index in [1.54, 1.807) is 6.07 Å². The topological polar surface area (TPSA) is 95.5 Å². The fourth-order valence-electron chi connectivity index (χ4n) is 0.998. The number of rotatable bonds is 3. The monoisotopic (exact) mass is 230 g/mol. The maximum absolute atomic E-state index is 10.9. The van der Waals surface area contributed by atoms with Gasteiger partial charge < -0.3 is 5.11 Å². The SMILES string of the molecule is CS(=O)(=O)Nc1cccc(NC(=O)O)c1. The van der Waals surface area contributed by atoms with Crippen LogP contribution < -0.4 is 10.0 Å². The zero-order valence-electron chi connectivity index (χ0n) is 7.89. The second-order valence-corrected chi connectivity index (χ2v) is 4.63. The highest BCUT2D eigenvalue weighted by Gasteiger charge is 2.03. The highest BCUT2D eigenvalue weighted by Crippen LogP contribution is 2.15. The molecule has 0 heterocycles. The molecule has 0 aliphatic carbocycles. The van der Waals surface area contributed by atoms with Gasteiger partial charge in [0.1, 0.15) is 0 Å². The van der Waals surface area contributed by atoms with Crippen LogP contribution in [-0.4, -0.2) is 25.9 Å². The molecular weight excluding hydrogens is 220 g/mol. The van der Waals surface area contributed by atoms with E-state index in [-0.39, 0.29) is 0 Å². The number of sulfonamides is 1. The van der Waals surface area contributed by atoms with Gasteiger partial charge in [0, 0.05) is 5.69 Å². The van der Waals surface area contributed by atoms with Crippen molar-refractivity contribution in [1.82, 2.24) is 0 Å². The summed E-state index contributed by atoms with van der Waals surface area (Å²) >= 11 is 0. The summed E-state index contributed by atoms with van der Waals surface area (Å²) < 4.78 is 24.0.